The summed E-state index contributed by atoms with van der Waals surface area (Å²) in [6, 6.07) is 14.1. The molecule has 0 saturated heterocycles. The van der Waals surface area contributed by atoms with E-state index < -0.39 is 0 Å². The Morgan fingerprint density at radius 1 is 1.07 bits per heavy atom. The zero-order valence-corrected chi connectivity index (χ0v) is 16.9. The Hall–Kier alpha value is -3.28. The molecule has 152 valence electrons. The molecule has 0 bridgehead atoms. The van der Waals surface area contributed by atoms with Crippen LogP contribution in [0.3, 0.4) is 0 Å². The average molecular weight is 395 g/mol. The first-order chi connectivity index (χ1) is 14.0. The van der Waals surface area contributed by atoms with Crippen molar-refractivity contribution in [3.05, 3.63) is 64.5 Å². The van der Waals surface area contributed by atoms with Gasteiger partial charge >= 0.3 is 0 Å². The average Bonchev–Trinajstić information content (AvgIpc) is 2.74. The van der Waals surface area contributed by atoms with E-state index >= 15 is 0 Å². The summed E-state index contributed by atoms with van der Waals surface area (Å²) in [5, 5.41) is 3.30. The second kappa shape index (κ2) is 9.28. The molecule has 0 saturated carbocycles. The summed E-state index contributed by atoms with van der Waals surface area (Å²) in [7, 11) is 0. The third kappa shape index (κ3) is 4.96. The summed E-state index contributed by atoms with van der Waals surface area (Å²) < 4.78 is 17.1. The smallest absolute Gasteiger partial charge is 0.258 e. The van der Waals surface area contributed by atoms with Gasteiger partial charge in [0.1, 0.15) is 22.8 Å². The molecule has 3 aromatic rings. The van der Waals surface area contributed by atoms with Crippen LogP contribution >= 0.6 is 0 Å². The van der Waals surface area contributed by atoms with Crippen molar-refractivity contribution in [2.24, 2.45) is 0 Å². The third-order valence-corrected chi connectivity index (χ3v) is 4.67. The molecule has 6 nitrogen and oxygen atoms in total. The van der Waals surface area contributed by atoms with Crippen molar-refractivity contribution in [1.29, 1.82) is 0 Å². The number of benzene rings is 2. The molecule has 2 aromatic carbocycles. The summed E-state index contributed by atoms with van der Waals surface area (Å²) in [6.07, 6.45) is 1.74. The molecule has 29 heavy (non-hydrogen) atoms. The molecular formula is C23H25NO5. The first kappa shape index (κ1) is 20.5. The highest BCUT2D eigenvalue weighted by Crippen LogP contribution is 2.27. The van der Waals surface area contributed by atoms with Crippen LogP contribution in [0.1, 0.15) is 32.4 Å². The van der Waals surface area contributed by atoms with Gasteiger partial charge in [0, 0.05) is 12.1 Å². The second-order valence-corrected chi connectivity index (χ2v) is 6.76. The Bertz CT molecular complexity index is 1040. The highest BCUT2D eigenvalue weighted by Gasteiger charge is 2.15. The number of nitrogens with one attached hydrogen (secondary N) is 1. The fourth-order valence-corrected chi connectivity index (χ4v) is 2.99. The molecule has 6 heteroatoms. The van der Waals surface area contributed by atoms with Crippen LogP contribution in [0.5, 0.6) is 17.2 Å². The van der Waals surface area contributed by atoms with Gasteiger partial charge < -0.3 is 19.2 Å². The molecule has 1 heterocycles. The van der Waals surface area contributed by atoms with Crippen LogP contribution in [-0.2, 0) is 4.79 Å². The Morgan fingerprint density at radius 2 is 1.79 bits per heavy atom. The van der Waals surface area contributed by atoms with Crippen molar-refractivity contribution in [1.82, 2.24) is 5.32 Å². The van der Waals surface area contributed by atoms with E-state index in [1.807, 2.05) is 32.0 Å². The summed E-state index contributed by atoms with van der Waals surface area (Å²) in [5.74, 6) is 1.36. The lowest BCUT2D eigenvalue weighted by atomic mass is 10.2. The fraction of sp³-hybridized carbons (Fsp3) is 0.304. The van der Waals surface area contributed by atoms with Gasteiger partial charge in [0.2, 0.25) is 11.2 Å². The fourth-order valence-electron chi connectivity index (χ4n) is 2.99. The maximum atomic E-state index is 12.8. The maximum Gasteiger partial charge on any atom is 0.258 e. The number of fused-ring (bicyclic) bond motifs is 1. The van der Waals surface area contributed by atoms with Gasteiger partial charge in [0.05, 0.1) is 5.39 Å². The van der Waals surface area contributed by atoms with Crippen LogP contribution in [0, 0.1) is 6.92 Å². The molecule has 1 amide bonds. The van der Waals surface area contributed by atoms with Gasteiger partial charge in [-0.15, -0.1) is 0 Å². The molecule has 0 fully saturated rings. The van der Waals surface area contributed by atoms with Crippen molar-refractivity contribution in [3.63, 3.8) is 0 Å². The summed E-state index contributed by atoms with van der Waals surface area (Å²) in [6.45, 7) is 5.63. The first-order valence-corrected chi connectivity index (χ1v) is 9.74. The lowest BCUT2D eigenvalue weighted by Gasteiger charge is -2.15. The van der Waals surface area contributed by atoms with Crippen LogP contribution in [0.25, 0.3) is 11.0 Å². The molecular weight excluding hydrogens is 370 g/mol. The quantitative estimate of drug-likeness (QED) is 0.604. The summed E-state index contributed by atoms with van der Waals surface area (Å²) >= 11 is 0. The van der Waals surface area contributed by atoms with E-state index in [1.54, 1.807) is 37.3 Å². The third-order valence-electron chi connectivity index (χ3n) is 4.67. The number of rotatable bonds is 8. The van der Waals surface area contributed by atoms with Gasteiger partial charge in [0.25, 0.3) is 5.91 Å². The Labute approximate surface area is 169 Å². The normalized spacial score (nSPS) is 10.9. The number of carbonyl (C=O) groups is 1. The van der Waals surface area contributed by atoms with E-state index in [9.17, 15) is 9.59 Å². The van der Waals surface area contributed by atoms with E-state index in [-0.39, 0.29) is 29.7 Å². The zero-order chi connectivity index (χ0) is 20.8. The number of hydrogen-bond donors (Lipinski definition) is 1. The van der Waals surface area contributed by atoms with E-state index in [1.165, 1.54) is 0 Å². The van der Waals surface area contributed by atoms with Gasteiger partial charge in [-0.1, -0.05) is 32.0 Å². The maximum absolute atomic E-state index is 12.8. The Morgan fingerprint density at radius 3 is 2.48 bits per heavy atom. The van der Waals surface area contributed by atoms with E-state index in [2.05, 4.69) is 5.32 Å². The highest BCUT2D eigenvalue weighted by molar-refractivity contribution is 5.80. The predicted molar refractivity (Wildman–Crippen MR) is 112 cm³/mol. The minimum absolute atomic E-state index is 0.0968. The standard InChI is InChI=1S/C23H25NO5/c1-4-16(5-2)24-21(25)14-27-18-11-12-19-20(13-18)28-15(3)23(22(19)26)29-17-9-7-6-8-10-17/h6-13,16H,4-5,14H2,1-3H3,(H,24,25). The minimum Gasteiger partial charge on any atom is -0.484 e. The monoisotopic (exact) mass is 395 g/mol. The SMILES string of the molecule is CCC(CC)NC(=O)COc1ccc2c(=O)c(Oc3ccccc3)c(C)oc2c1. The van der Waals surface area contributed by atoms with Gasteiger partial charge in [-0.2, -0.15) is 0 Å². The number of hydrogen-bond acceptors (Lipinski definition) is 5. The van der Waals surface area contributed by atoms with Gasteiger partial charge in [-0.3, -0.25) is 9.59 Å². The van der Waals surface area contributed by atoms with Crippen molar-refractivity contribution in [3.8, 4) is 17.2 Å². The van der Waals surface area contributed by atoms with Crippen LogP contribution in [0.4, 0.5) is 0 Å². The number of carbonyl (C=O) groups excluding carboxylic acids is 1. The molecule has 0 unspecified atom stereocenters. The zero-order valence-electron chi connectivity index (χ0n) is 16.9. The second-order valence-electron chi connectivity index (χ2n) is 6.76. The molecule has 0 spiro atoms. The lowest BCUT2D eigenvalue weighted by Crippen LogP contribution is -2.37. The highest BCUT2D eigenvalue weighted by atomic mass is 16.5. The first-order valence-electron chi connectivity index (χ1n) is 9.74. The van der Waals surface area contributed by atoms with Crippen LogP contribution in [0.15, 0.2) is 57.7 Å². The van der Waals surface area contributed by atoms with Crippen LogP contribution in [-0.4, -0.2) is 18.6 Å². The largest absolute Gasteiger partial charge is 0.484 e. The molecule has 1 N–H and O–H groups in total. The topological polar surface area (TPSA) is 77.8 Å². The van der Waals surface area contributed by atoms with Crippen LogP contribution in [0.2, 0.25) is 0 Å². The minimum atomic E-state index is -0.259. The molecule has 1 aromatic heterocycles. The Balaban J connectivity index is 1.78. The molecule has 0 aliphatic rings. The molecule has 0 aliphatic carbocycles. The van der Waals surface area contributed by atoms with E-state index in [0.29, 0.717) is 28.2 Å². The van der Waals surface area contributed by atoms with Crippen molar-refractivity contribution < 1.29 is 18.7 Å². The van der Waals surface area contributed by atoms with Crippen molar-refractivity contribution in [2.45, 2.75) is 39.7 Å². The van der Waals surface area contributed by atoms with E-state index in [4.69, 9.17) is 13.9 Å². The molecule has 0 atom stereocenters. The number of ether oxygens (including phenoxy) is 2. The van der Waals surface area contributed by atoms with Gasteiger partial charge in [-0.05, 0) is 44.0 Å². The number of para-hydroxylation sites is 1. The summed E-state index contributed by atoms with van der Waals surface area (Å²) in [5.41, 5.74) is 0.122. The Kier molecular flexibility index (Phi) is 6.54. The predicted octanol–water partition coefficient (Wildman–Crippen LogP) is 4.58. The van der Waals surface area contributed by atoms with Crippen molar-refractivity contribution >= 4 is 16.9 Å². The molecule has 0 aliphatic heterocycles. The molecule has 3 rings (SSSR count). The van der Waals surface area contributed by atoms with Gasteiger partial charge in [-0.25, -0.2) is 0 Å². The summed E-state index contributed by atoms with van der Waals surface area (Å²) in [4.78, 5) is 24.8. The van der Waals surface area contributed by atoms with Gasteiger partial charge in [0.15, 0.2) is 6.61 Å². The lowest BCUT2D eigenvalue weighted by molar-refractivity contribution is -0.123. The van der Waals surface area contributed by atoms with Crippen molar-refractivity contribution in [2.75, 3.05) is 6.61 Å². The molecule has 0 radical (unpaired) electrons. The van der Waals surface area contributed by atoms with Crippen LogP contribution < -0.4 is 20.2 Å². The number of amides is 1. The number of aryl methyl sites for hydroxylation is 1. The van der Waals surface area contributed by atoms with E-state index in [0.717, 1.165) is 12.8 Å².